The minimum absolute atomic E-state index is 0.00201. The zero-order valence-electron chi connectivity index (χ0n) is 13.2. The van der Waals surface area contributed by atoms with Crippen molar-refractivity contribution in [3.63, 3.8) is 0 Å². The molecule has 1 N–H and O–H groups in total. The van der Waals surface area contributed by atoms with E-state index in [0.717, 1.165) is 36.3 Å². The average Bonchev–Trinajstić information content (AvgIpc) is 2.60. The first-order chi connectivity index (χ1) is 9.95. The lowest BCUT2D eigenvalue weighted by Gasteiger charge is -2.24. The number of rotatable bonds is 4. The van der Waals surface area contributed by atoms with Gasteiger partial charge < -0.3 is 14.7 Å². The SMILES string of the molecule is COc1ccc(CO)cc1CN1CCC(C)(C)CCC1=O. The highest BCUT2D eigenvalue weighted by Gasteiger charge is 2.27. The molecule has 0 bridgehead atoms. The van der Waals surface area contributed by atoms with Gasteiger partial charge in [0.1, 0.15) is 5.75 Å². The fraction of sp³-hybridized carbons (Fsp3) is 0.588. The molecule has 1 heterocycles. The Balaban J connectivity index is 2.18. The van der Waals surface area contributed by atoms with Crippen LogP contribution in [0, 0.1) is 5.41 Å². The zero-order valence-corrected chi connectivity index (χ0v) is 13.2. The Hall–Kier alpha value is -1.55. The topological polar surface area (TPSA) is 49.8 Å². The molecule has 21 heavy (non-hydrogen) atoms. The number of benzene rings is 1. The van der Waals surface area contributed by atoms with Gasteiger partial charge in [-0.05, 0) is 36.0 Å². The summed E-state index contributed by atoms with van der Waals surface area (Å²) in [6.07, 6.45) is 2.56. The Bertz CT molecular complexity index is 511. The predicted molar refractivity (Wildman–Crippen MR) is 82.0 cm³/mol. The Kier molecular flexibility index (Phi) is 4.88. The fourth-order valence-corrected chi connectivity index (χ4v) is 2.72. The van der Waals surface area contributed by atoms with Crippen molar-refractivity contribution in [3.8, 4) is 5.75 Å². The standard InChI is InChI=1S/C17H25NO3/c1-17(2)7-6-16(20)18(9-8-17)11-14-10-13(12-19)4-5-15(14)21-3/h4-5,10,19H,6-9,11-12H2,1-3H3. The lowest BCUT2D eigenvalue weighted by atomic mass is 9.85. The van der Waals surface area contributed by atoms with Crippen molar-refractivity contribution in [1.29, 1.82) is 0 Å². The second-order valence-electron chi connectivity index (χ2n) is 6.53. The number of ether oxygens (including phenoxy) is 1. The van der Waals surface area contributed by atoms with E-state index in [4.69, 9.17) is 4.74 Å². The highest BCUT2D eigenvalue weighted by Crippen LogP contribution is 2.31. The lowest BCUT2D eigenvalue weighted by Crippen LogP contribution is -2.30. The van der Waals surface area contributed by atoms with Crippen LogP contribution >= 0.6 is 0 Å². The van der Waals surface area contributed by atoms with Crippen LogP contribution in [0.5, 0.6) is 5.75 Å². The molecule has 1 aromatic rings. The molecule has 1 aromatic carbocycles. The molecule has 4 nitrogen and oxygen atoms in total. The molecular formula is C17H25NO3. The minimum Gasteiger partial charge on any atom is -0.496 e. The van der Waals surface area contributed by atoms with Crippen LogP contribution < -0.4 is 4.74 Å². The summed E-state index contributed by atoms with van der Waals surface area (Å²) < 4.78 is 5.37. The van der Waals surface area contributed by atoms with Crippen LogP contribution in [0.2, 0.25) is 0 Å². The Morgan fingerprint density at radius 1 is 1.33 bits per heavy atom. The van der Waals surface area contributed by atoms with E-state index in [1.165, 1.54) is 0 Å². The molecule has 1 aliphatic heterocycles. The normalized spacial score (nSPS) is 18.5. The van der Waals surface area contributed by atoms with Crippen LogP contribution in [0.4, 0.5) is 0 Å². The van der Waals surface area contributed by atoms with E-state index < -0.39 is 0 Å². The summed E-state index contributed by atoms with van der Waals surface area (Å²) >= 11 is 0. The van der Waals surface area contributed by atoms with Gasteiger partial charge in [0.05, 0.1) is 13.7 Å². The summed E-state index contributed by atoms with van der Waals surface area (Å²) in [5.74, 6) is 0.973. The van der Waals surface area contributed by atoms with Crippen molar-refractivity contribution in [2.24, 2.45) is 5.41 Å². The number of nitrogens with zero attached hydrogens (tertiary/aromatic N) is 1. The maximum atomic E-state index is 12.3. The summed E-state index contributed by atoms with van der Waals surface area (Å²) in [6.45, 7) is 5.76. The van der Waals surface area contributed by atoms with E-state index in [0.29, 0.717) is 13.0 Å². The van der Waals surface area contributed by atoms with Crippen LogP contribution in [-0.2, 0) is 17.9 Å². The molecule has 0 spiro atoms. The highest BCUT2D eigenvalue weighted by molar-refractivity contribution is 5.76. The number of aliphatic hydroxyl groups excluding tert-OH is 1. The van der Waals surface area contributed by atoms with Crippen molar-refractivity contribution < 1.29 is 14.6 Å². The molecule has 116 valence electrons. The molecule has 0 saturated carbocycles. The molecule has 1 fully saturated rings. The molecule has 0 atom stereocenters. The van der Waals surface area contributed by atoms with E-state index in [2.05, 4.69) is 13.8 Å². The van der Waals surface area contributed by atoms with Gasteiger partial charge in [-0.15, -0.1) is 0 Å². The number of carbonyl (C=O) groups is 1. The smallest absolute Gasteiger partial charge is 0.222 e. The lowest BCUT2D eigenvalue weighted by molar-refractivity contribution is -0.131. The summed E-state index contributed by atoms with van der Waals surface area (Å²) in [6, 6.07) is 5.62. The summed E-state index contributed by atoms with van der Waals surface area (Å²) in [5.41, 5.74) is 2.02. The number of amides is 1. The first kappa shape index (κ1) is 15.8. The zero-order chi connectivity index (χ0) is 15.5. The van der Waals surface area contributed by atoms with Gasteiger partial charge in [0.2, 0.25) is 5.91 Å². The van der Waals surface area contributed by atoms with E-state index in [1.54, 1.807) is 7.11 Å². The third-order valence-corrected chi connectivity index (χ3v) is 4.32. The molecular weight excluding hydrogens is 266 g/mol. The Morgan fingerprint density at radius 3 is 2.76 bits per heavy atom. The monoisotopic (exact) mass is 291 g/mol. The number of likely N-dealkylation sites (tertiary alicyclic amines) is 1. The maximum absolute atomic E-state index is 12.3. The van der Waals surface area contributed by atoms with Gasteiger partial charge in [0.15, 0.2) is 0 Å². The average molecular weight is 291 g/mol. The Labute approximate surface area is 126 Å². The van der Waals surface area contributed by atoms with Gasteiger partial charge in [-0.3, -0.25) is 4.79 Å². The quantitative estimate of drug-likeness (QED) is 0.928. The second kappa shape index (κ2) is 6.48. The summed E-state index contributed by atoms with van der Waals surface area (Å²) in [4.78, 5) is 14.2. The predicted octanol–water partition coefficient (Wildman–Crippen LogP) is 2.73. The summed E-state index contributed by atoms with van der Waals surface area (Å²) in [5, 5.41) is 9.28. The van der Waals surface area contributed by atoms with Gasteiger partial charge in [0, 0.05) is 25.1 Å². The number of aliphatic hydroxyl groups is 1. The van der Waals surface area contributed by atoms with Gasteiger partial charge >= 0.3 is 0 Å². The molecule has 0 aromatic heterocycles. The molecule has 1 saturated heterocycles. The fourth-order valence-electron chi connectivity index (χ4n) is 2.72. The third-order valence-electron chi connectivity index (χ3n) is 4.32. The van der Waals surface area contributed by atoms with Crippen LogP contribution in [0.25, 0.3) is 0 Å². The molecule has 4 heteroatoms. The van der Waals surface area contributed by atoms with Crippen LogP contribution in [0.1, 0.15) is 44.2 Å². The molecule has 0 radical (unpaired) electrons. The van der Waals surface area contributed by atoms with Gasteiger partial charge in [0.25, 0.3) is 0 Å². The second-order valence-corrected chi connectivity index (χ2v) is 6.53. The van der Waals surface area contributed by atoms with Crippen molar-refractivity contribution >= 4 is 5.91 Å². The Morgan fingerprint density at radius 2 is 2.10 bits per heavy atom. The van der Waals surface area contributed by atoms with E-state index in [-0.39, 0.29) is 17.9 Å². The van der Waals surface area contributed by atoms with Crippen molar-refractivity contribution in [2.45, 2.75) is 46.3 Å². The van der Waals surface area contributed by atoms with E-state index in [1.807, 2.05) is 23.1 Å². The van der Waals surface area contributed by atoms with Crippen molar-refractivity contribution in [3.05, 3.63) is 29.3 Å². The number of carbonyl (C=O) groups excluding carboxylic acids is 1. The maximum Gasteiger partial charge on any atom is 0.222 e. The van der Waals surface area contributed by atoms with Crippen LogP contribution in [0.15, 0.2) is 18.2 Å². The molecule has 2 rings (SSSR count). The van der Waals surface area contributed by atoms with Gasteiger partial charge in [-0.1, -0.05) is 19.9 Å². The van der Waals surface area contributed by atoms with E-state index >= 15 is 0 Å². The summed E-state index contributed by atoms with van der Waals surface area (Å²) in [7, 11) is 1.63. The van der Waals surface area contributed by atoms with Gasteiger partial charge in [-0.25, -0.2) is 0 Å². The number of methoxy groups -OCH3 is 1. The highest BCUT2D eigenvalue weighted by atomic mass is 16.5. The molecule has 1 aliphatic rings. The molecule has 0 unspecified atom stereocenters. The third kappa shape index (κ3) is 3.97. The first-order valence-electron chi connectivity index (χ1n) is 7.49. The number of hydrogen-bond acceptors (Lipinski definition) is 3. The van der Waals surface area contributed by atoms with Crippen LogP contribution in [0.3, 0.4) is 0 Å². The van der Waals surface area contributed by atoms with Crippen molar-refractivity contribution in [1.82, 2.24) is 4.90 Å². The number of hydrogen-bond donors (Lipinski definition) is 1. The van der Waals surface area contributed by atoms with E-state index in [9.17, 15) is 9.90 Å². The first-order valence-corrected chi connectivity index (χ1v) is 7.49. The largest absolute Gasteiger partial charge is 0.496 e. The van der Waals surface area contributed by atoms with Crippen LogP contribution in [-0.4, -0.2) is 29.6 Å². The van der Waals surface area contributed by atoms with Crippen molar-refractivity contribution in [2.75, 3.05) is 13.7 Å². The minimum atomic E-state index is -0.00201. The molecule has 0 aliphatic carbocycles. The molecule has 1 amide bonds. The van der Waals surface area contributed by atoms with Gasteiger partial charge in [-0.2, -0.15) is 0 Å².